The van der Waals surface area contributed by atoms with E-state index in [1.54, 1.807) is 23.2 Å². The minimum Gasteiger partial charge on any atom is -0.488 e. The first-order valence-electron chi connectivity index (χ1n) is 7.73. The first-order chi connectivity index (χ1) is 12.1. The van der Waals surface area contributed by atoms with Gasteiger partial charge >= 0.3 is 0 Å². The Labute approximate surface area is 143 Å². The van der Waals surface area contributed by atoms with Crippen molar-refractivity contribution in [2.24, 2.45) is 7.05 Å². The number of aryl methyl sites for hydroxylation is 1. The summed E-state index contributed by atoms with van der Waals surface area (Å²) in [5, 5.41) is 4.46. The number of hydrogen-bond acceptors (Lipinski definition) is 4. The molecule has 0 amide bonds. The molecule has 5 nitrogen and oxygen atoms in total. The normalized spacial score (nSPS) is 15.1. The fourth-order valence-corrected chi connectivity index (χ4v) is 2.84. The molecule has 0 radical (unpaired) electrons. The highest BCUT2D eigenvalue weighted by atomic mass is 19.1. The lowest BCUT2D eigenvalue weighted by molar-refractivity contribution is 0.1000. The average Bonchev–Trinajstić information content (AvgIpc) is 2.99. The van der Waals surface area contributed by atoms with Gasteiger partial charge in [0, 0.05) is 42.3 Å². The van der Waals surface area contributed by atoms with E-state index in [4.69, 9.17) is 4.74 Å². The van der Waals surface area contributed by atoms with Crippen LogP contribution < -0.4 is 4.74 Å². The largest absolute Gasteiger partial charge is 0.488 e. The molecule has 0 spiro atoms. The van der Waals surface area contributed by atoms with Gasteiger partial charge in [0.25, 0.3) is 0 Å². The molecular formula is C19H14FN3O2. The lowest BCUT2D eigenvalue weighted by Crippen LogP contribution is -2.19. The van der Waals surface area contributed by atoms with Crippen LogP contribution in [0.4, 0.5) is 4.39 Å². The predicted molar refractivity (Wildman–Crippen MR) is 90.6 cm³/mol. The van der Waals surface area contributed by atoms with Crippen molar-refractivity contribution in [3.63, 3.8) is 0 Å². The Kier molecular flexibility index (Phi) is 3.65. The molecule has 6 heteroatoms. The summed E-state index contributed by atoms with van der Waals surface area (Å²) in [5.41, 5.74) is 3.14. The zero-order chi connectivity index (χ0) is 17.4. The molecule has 3 heterocycles. The summed E-state index contributed by atoms with van der Waals surface area (Å²) in [6, 6.07) is 7.68. The zero-order valence-electron chi connectivity index (χ0n) is 13.4. The highest BCUT2D eigenvalue weighted by Gasteiger charge is 2.24. The Hall–Kier alpha value is -3.28. The van der Waals surface area contributed by atoms with Gasteiger partial charge in [-0.25, -0.2) is 4.39 Å². The number of benzene rings is 1. The van der Waals surface area contributed by atoms with Crippen molar-refractivity contribution < 1.29 is 13.9 Å². The SMILES string of the molecule is Cn1cc(C=C2COc3ccc(F)cc3C2=O)c(-c2ccncc2)n1. The van der Waals surface area contributed by atoms with Gasteiger partial charge in [-0.2, -0.15) is 5.10 Å². The molecule has 1 aliphatic heterocycles. The van der Waals surface area contributed by atoms with Crippen LogP contribution in [0.3, 0.4) is 0 Å². The van der Waals surface area contributed by atoms with E-state index in [2.05, 4.69) is 10.1 Å². The quantitative estimate of drug-likeness (QED) is 0.675. The van der Waals surface area contributed by atoms with Crippen molar-refractivity contribution in [1.82, 2.24) is 14.8 Å². The smallest absolute Gasteiger partial charge is 0.196 e. The summed E-state index contributed by atoms with van der Waals surface area (Å²) >= 11 is 0. The lowest BCUT2D eigenvalue weighted by atomic mass is 9.98. The number of carbonyl (C=O) groups excluding carboxylic acids is 1. The molecule has 0 bridgehead atoms. The van der Waals surface area contributed by atoms with Gasteiger partial charge in [0.05, 0.1) is 11.3 Å². The summed E-state index contributed by atoms with van der Waals surface area (Å²) in [5.74, 6) is -0.287. The molecular weight excluding hydrogens is 321 g/mol. The zero-order valence-corrected chi connectivity index (χ0v) is 13.4. The number of carbonyl (C=O) groups is 1. The van der Waals surface area contributed by atoms with Gasteiger partial charge < -0.3 is 4.74 Å². The average molecular weight is 335 g/mol. The summed E-state index contributed by atoms with van der Waals surface area (Å²) in [7, 11) is 1.82. The van der Waals surface area contributed by atoms with E-state index >= 15 is 0 Å². The second-order valence-electron chi connectivity index (χ2n) is 5.77. The van der Waals surface area contributed by atoms with Crippen LogP contribution in [0.15, 0.2) is 54.5 Å². The Bertz CT molecular complexity index is 993. The molecule has 1 aromatic carbocycles. The van der Waals surface area contributed by atoms with Gasteiger partial charge in [-0.05, 0) is 36.4 Å². The van der Waals surface area contributed by atoms with Crippen molar-refractivity contribution in [3.05, 3.63) is 71.4 Å². The van der Waals surface area contributed by atoms with Crippen molar-refractivity contribution in [1.29, 1.82) is 0 Å². The molecule has 124 valence electrons. The van der Waals surface area contributed by atoms with Crippen LogP contribution in [0.2, 0.25) is 0 Å². The summed E-state index contributed by atoms with van der Waals surface area (Å²) in [6.07, 6.45) is 6.96. The maximum atomic E-state index is 13.5. The van der Waals surface area contributed by atoms with Crippen LogP contribution in [-0.4, -0.2) is 27.2 Å². The van der Waals surface area contributed by atoms with Crippen LogP contribution in [0.5, 0.6) is 5.75 Å². The van der Waals surface area contributed by atoms with Crippen molar-refractivity contribution in [3.8, 4) is 17.0 Å². The molecule has 2 aromatic heterocycles. The van der Waals surface area contributed by atoms with E-state index in [-0.39, 0.29) is 18.0 Å². The van der Waals surface area contributed by atoms with Crippen LogP contribution in [-0.2, 0) is 7.05 Å². The Morgan fingerprint density at radius 2 is 2.04 bits per heavy atom. The monoisotopic (exact) mass is 335 g/mol. The number of Topliss-reactive ketones (excluding diaryl/α,β-unsaturated/α-hetero) is 1. The van der Waals surface area contributed by atoms with Gasteiger partial charge in [-0.1, -0.05) is 0 Å². The van der Waals surface area contributed by atoms with Gasteiger partial charge in [0.1, 0.15) is 18.2 Å². The number of ether oxygens (including phenoxy) is 1. The molecule has 0 fully saturated rings. The standard InChI is InChI=1S/C19H14FN3O2/c1-23-10-13(18(22-23)12-4-6-21-7-5-12)8-14-11-25-17-3-2-15(20)9-16(17)19(14)24/h2-10H,11H2,1H3. The summed E-state index contributed by atoms with van der Waals surface area (Å²) < 4.78 is 20.7. The van der Waals surface area contributed by atoms with Gasteiger partial charge in [0.15, 0.2) is 5.78 Å². The number of aromatic nitrogens is 3. The first kappa shape index (κ1) is 15.3. The molecule has 3 aromatic rings. The third-order valence-corrected chi connectivity index (χ3v) is 4.00. The second kappa shape index (κ2) is 5.98. The molecule has 0 aliphatic carbocycles. The van der Waals surface area contributed by atoms with E-state index in [1.807, 2.05) is 25.4 Å². The van der Waals surface area contributed by atoms with E-state index in [0.29, 0.717) is 11.3 Å². The van der Waals surface area contributed by atoms with E-state index < -0.39 is 5.82 Å². The number of halogens is 1. The minimum absolute atomic E-state index is 0.141. The topological polar surface area (TPSA) is 57.0 Å². The third-order valence-electron chi connectivity index (χ3n) is 4.00. The molecule has 0 saturated heterocycles. The maximum Gasteiger partial charge on any atom is 0.196 e. The first-order valence-corrected chi connectivity index (χ1v) is 7.73. The molecule has 4 rings (SSSR count). The maximum absolute atomic E-state index is 13.5. The predicted octanol–water partition coefficient (Wildman–Crippen LogP) is 3.28. The number of nitrogens with zero attached hydrogens (tertiary/aromatic N) is 3. The van der Waals surface area contributed by atoms with E-state index in [9.17, 15) is 9.18 Å². The second-order valence-corrected chi connectivity index (χ2v) is 5.77. The third kappa shape index (κ3) is 2.82. The number of fused-ring (bicyclic) bond motifs is 1. The molecule has 0 atom stereocenters. The Morgan fingerprint density at radius 1 is 1.24 bits per heavy atom. The lowest BCUT2D eigenvalue weighted by Gasteiger charge is -2.18. The van der Waals surface area contributed by atoms with Gasteiger partial charge in [0.2, 0.25) is 0 Å². The van der Waals surface area contributed by atoms with E-state index in [1.165, 1.54) is 18.2 Å². The Balaban J connectivity index is 1.77. The van der Waals surface area contributed by atoms with Crippen molar-refractivity contribution in [2.75, 3.05) is 6.61 Å². The number of rotatable bonds is 2. The number of pyridine rings is 1. The van der Waals surface area contributed by atoms with Gasteiger partial charge in [-0.15, -0.1) is 0 Å². The van der Waals surface area contributed by atoms with Crippen LogP contribution in [0.25, 0.3) is 17.3 Å². The highest BCUT2D eigenvalue weighted by Crippen LogP contribution is 2.30. The number of ketones is 1. The molecule has 0 N–H and O–H groups in total. The number of hydrogen-bond donors (Lipinski definition) is 0. The fourth-order valence-electron chi connectivity index (χ4n) is 2.84. The highest BCUT2D eigenvalue weighted by molar-refractivity contribution is 6.14. The minimum atomic E-state index is -0.462. The summed E-state index contributed by atoms with van der Waals surface area (Å²) in [6.45, 7) is 0.141. The molecule has 0 saturated carbocycles. The van der Waals surface area contributed by atoms with Crippen LogP contribution in [0.1, 0.15) is 15.9 Å². The Morgan fingerprint density at radius 3 is 2.84 bits per heavy atom. The van der Waals surface area contributed by atoms with Gasteiger partial charge in [-0.3, -0.25) is 14.5 Å². The fraction of sp³-hybridized carbons (Fsp3) is 0.105. The molecule has 0 unspecified atom stereocenters. The molecule has 1 aliphatic rings. The molecule has 25 heavy (non-hydrogen) atoms. The summed E-state index contributed by atoms with van der Waals surface area (Å²) in [4.78, 5) is 16.7. The van der Waals surface area contributed by atoms with Crippen LogP contribution in [0, 0.1) is 5.82 Å². The van der Waals surface area contributed by atoms with Crippen molar-refractivity contribution >= 4 is 11.9 Å². The van der Waals surface area contributed by atoms with E-state index in [0.717, 1.165) is 16.8 Å². The van der Waals surface area contributed by atoms with Crippen molar-refractivity contribution in [2.45, 2.75) is 0 Å². The van der Waals surface area contributed by atoms with Crippen LogP contribution >= 0.6 is 0 Å².